The number of hydrogen-bond donors (Lipinski definition) is 2. The number of aliphatic hydroxyl groups is 2. The standard InChI is InChI=1S/C23H19Cl3F3N5O3/c1-12(35)21-30-20(31-34(21)15-6-7-16(25)17(26)8-15)11-32-9-18(13-2-4-14(24)5-3-13)33(22(32)37)10-19(36)23(27,28)29/h2-9,12,19,35-36H,10-11H2,1H3/t12-,19?/m0/s1. The van der Waals surface area contributed by atoms with Crippen molar-refractivity contribution in [1.82, 2.24) is 23.9 Å². The molecule has 2 atom stereocenters. The molecule has 2 N–H and O–H groups in total. The maximum absolute atomic E-state index is 13.2. The zero-order valence-corrected chi connectivity index (χ0v) is 21.3. The van der Waals surface area contributed by atoms with Gasteiger partial charge in [0.1, 0.15) is 6.10 Å². The molecule has 196 valence electrons. The van der Waals surface area contributed by atoms with E-state index in [4.69, 9.17) is 34.8 Å². The highest BCUT2D eigenvalue weighted by molar-refractivity contribution is 6.42. The first kappa shape index (κ1) is 27.2. The zero-order valence-electron chi connectivity index (χ0n) is 19.0. The van der Waals surface area contributed by atoms with E-state index < -0.39 is 30.6 Å². The molecule has 0 aliphatic heterocycles. The average molecular weight is 577 g/mol. The van der Waals surface area contributed by atoms with Gasteiger partial charge in [0.05, 0.1) is 34.5 Å². The van der Waals surface area contributed by atoms with E-state index in [9.17, 15) is 28.2 Å². The van der Waals surface area contributed by atoms with Crippen LogP contribution in [0.1, 0.15) is 24.7 Å². The van der Waals surface area contributed by atoms with Gasteiger partial charge < -0.3 is 10.2 Å². The normalized spacial score (nSPS) is 13.6. The summed E-state index contributed by atoms with van der Waals surface area (Å²) in [7, 11) is 0. The number of hydrogen-bond acceptors (Lipinski definition) is 5. The lowest BCUT2D eigenvalue weighted by Gasteiger charge is -2.16. The van der Waals surface area contributed by atoms with Crippen LogP contribution in [0.15, 0.2) is 53.5 Å². The smallest absolute Gasteiger partial charge is 0.385 e. The summed E-state index contributed by atoms with van der Waals surface area (Å²) in [5.74, 6) is 0.242. The summed E-state index contributed by atoms with van der Waals surface area (Å²) in [5.41, 5.74) is 0.167. The molecule has 0 aliphatic rings. The third-order valence-corrected chi connectivity index (χ3v) is 6.42. The maximum Gasteiger partial charge on any atom is 0.416 e. The number of rotatable bonds is 7. The summed E-state index contributed by atoms with van der Waals surface area (Å²) in [6.45, 7) is 0.224. The fourth-order valence-electron chi connectivity index (χ4n) is 3.61. The van der Waals surface area contributed by atoms with Gasteiger partial charge in [-0.25, -0.2) is 14.5 Å². The van der Waals surface area contributed by atoms with Crippen molar-refractivity contribution in [3.05, 3.63) is 85.9 Å². The van der Waals surface area contributed by atoms with E-state index in [1.54, 1.807) is 24.3 Å². The molecule has 4 aromatic rings. The van der Waals surface area contributed by atoms with Gasteiger partial charge in [-0.2, -0.15) is 13.2 Å². The molecule has 0 bridgehead atoms. The third-order valence-electron chi connectivity index (χ3n) is 5.43. The number of alkyl halides is 3. The first-order valence-corrected chi connectivity index (χ1v) is 11.9. The summed E-state index contributed by atoms with van der Waals surface area (Å²) in [4.78, 5) is 17.5. The maximum atomic E-state index is 13.2. The van der Waals surface area contributed by atoms with Gasteiger partial charge in [0, 0.05) is 11.2 Å². The summed E-state index contributed by atoms with van der Waals surface area (Å²) >= 11 is 18.0. The van der Waals surface area contributed by atoms with Gasteiger partial charge in [0.2, 0.25) is 0 Å². The van der Waals surface area contributed by atoms with E-state index in [0.717, 1.165) is 9.13 Å². The van der Waals surface area contributed by atoms with E-state index >= 15 is 0 Å². The van der Waals surface area contributed by atoms with Crippen molar-refractivity contribution >= 4 is 34.8 Å². The fraction of sp³-hybridized carbons (Fsp3) is 0.261. The van der Waals surface area contributed by atoms with Gasteiger partial charge >= 0.3 is 11.9 Å². The highest BCUT2D eigenvalue weighted by atomic mass is 35.5. The van der Waals surface area contributed by atoms with Gasteiger partial charge in [0.25, 0.3) is 0 Å². The fourth-order valence-corrected chi connectivity index (χ4v) is 4.03. The van der Waals surface area contributed by atoms with Crippen molar-refractivity contribution in [2.45, 2.75) is 38.4 Å². The predicted octanol–water partition coefficient (Wildman–Crippen LogP) is 4.88. The van der Waals surface area contributed by atoms with E-state index in [0.29, 0.717) is 21.3 Å². The molecule has 4 rings (SSSR count). The Morgan fingerprint density at radius 3 is 2.30 bits per heavy atom. The number of benzene rings is 2. The minimum Gasteiger partial charge on any atom is -0.385 e. The van der Waals surface area contributed by atoms with Gasteiger partial charge in [-0.15, -0.1) is 5.10 Å². The van der Waals surface area contributed by atoms with Crippen molar-refractivity contribution in [1.29, 1.82) is 0 Å². The number of imidazole rings is 1. The minimum atomic E-state index is -4.93. The van der Waals surface area contributed by atoms with Crippen LogP contribution in [0.25, 0.3) is 16.9 Å². The Bertz CT molecular complexity index is 1480. The van der Waals surface area contributed by atoms with Crippen LogP contribution in [-0.4, -0.2) is 46.4 Å². The van der Waals surface area contributed by atoms with Gasteiger partial charge in [0.15, 0.2) is 17.8 Å². The van der Waals surface area contributed by atoms with Crippen LogP contribution in [0.5, 0.6) is 0 Å². The first-order valence-electron chi connectivity index (χ1n) is 10.7. The number of aliphatic hydroxyl groups excluding tert-OH is 2. The van der Waals surface area contributed by atoms with Crippen molar-refractivity contribution in [3.63, 3.8) is 0 Å². The molecule has 2 heterocycles. The van der Waals surface area contributed by atoms with Crippen LogP contribution in [-0.2, 0) is 13.1 Å². The second-order valence-corrected chi connectivity index (χ2v) is 9.42. The molecule has 0 saturated heterocycles. The lowest BCUT2D eigenvalue weighted by molar-refractivity contribution is -0.207. The summed E-state index contributed by atoms with van der Waals surface area (Å²) < 4.78 is 42.5. The van der Waals surface area contributed by atoms with E-state index in [1.807, 2.05) is 0 Å². The SMILES string of the molecule is C[C@H](O)c1nc(Cn2cc(-c3ccc(Cl)cc3)n(CC(O)C(F)(F)F)c2=O)nn1-c1ccc(Cl)c(Cl)c1. The summed E-state index contributed by atoms with van der Waals surface area (Å²) in [6.07, 6.45) is -7.40. The van der Waals surface area contributed by atoms with Crippen LogP contribution in [0.4, 0.5) is 13.2 Å². The number of aromatic nitrogens is 5. The minimum absolute atomic E-state index is 0.0975. The molecule has 0 spiro atoms. The van der Waals surface area contributed by atoms with Crippen molar-refractivity contribution in [2.75, 3.05) is 0 Å². The molecule has 0 aliphatic carbocycles. The summed E-state index contributed by atoms with van der Waals surface area (Å²) in [6, 6.07) is 10.8. The molecule has 2 aromatic carbocycles. The molecule has 14 heteroatoms. The highest BCUT2D eigenvalue weighted by Gasteiger charge is 2.39. The van der Waals surface area contributed by atoms with Crippen molar-refractivity contribution < 1.29 is 23.4 Å². The Morgan fingerprint density at radius 2 is 1.70 bits per heavy atom. The van der Waals surface area contributed by atoms with Crippen molar-refractivity contribution in [3.8, 4) is 16.9 Å². The van der Waals surface area contributed by atoms with Crippen LogP contribution < -0.4 is 5.69 Å². The van der Waals surface area contributed by atoms with Gasteiger partial charge in [-0.3, -0.25) is 9.13 Å². The largest absolute Gasteiger partial charge is 0.416 e. The Balaban J connectivity index is 1.77. The monoisotopic (exact) mass is 575 g/mol. The first-order chi connectivity index (χ1) is 17.3. The lowest BCUT2D eigenvalue weighted by atomic mass is 10.1. The molecule has 0 amide bonds. The Morgan fingerprint density at radius 1 is 1.03 bits per heavy atom. The predicted molar refractivity (Wildman–Crippen MR) is 132 cm³/mol. The van der Waals surface area contributed by atoms with Crippen LogP contribution in [0, 0.1) is 0 Å². The Kier molecular flexibility index (Phi) is 7.72. The Labute approximate surface area is 223 Å². The molecule has 8 nitrogen and oxygen atoms in total. The molecule has 37 heavy (non-hydrogen) atoms. The van der Waals surface area contributed by atoms with E-state index in [2.05, 4.69) is 10.1 Å². The van der Waals surface area contributed by atoms with Crippen LogP contribution in [0.2, 0.25) is 15.1 Å². The Hall–Kier alpha value is -2.83. The second kappa shape index (κ2) is 10.5. The van der Waals surface area contributed by atoms with Crippen LogP contribution >= 0.6 is 34.8 Å². The molecule has 2 aromatic heterocycles. The second-order valence-electron chi connectivity index (χ2n) is 8.17. The van der Waals surface area contributed by atoms with Crippen LogP contribution in [0.3, 0.4) is 0 Å². The average Bonchev–Trinajstić information content (AvgIpc) is 3.38. The number of halogens is 6. The molecule has 0 saturated carbocycles. The van der Waals surface area contributed by atoms with E-state index in [1.165, 1.54) is 36.0 Å². The number of nitrogens with zero attached hydrogens (tertiary/aromatic N) is 5. The molecular formula is C23H19Cl3F3N5O3. The molecule has 1 unspecified atom stereocenters. The molecular weight excluding hydrogens is 558 g/mol. The van der Waals surface area contributed by atoms with E-state index in [-0.39, 0.29) is 28.9 Å². The quantitative estimate of drug-likeness (QED) is 0.327. The zero-order chi connectivity index (χ0) is 27.1. The summed E-state index contributed by atoms with van der Waals surface area (Å²) in [5, 5.41) is 25.2. The van der Waals surface area contributed by atoms with Gasteiger partial charge in [-0.1, -0.05) is 46.9 Å². The lowest BCUT2D eigenvalue weighted by Crippen LogP contribution is -2.37. The van der Waals surface area contributed by atoms with Crippen molar-refractivity contribution in [2.24, 2.45) is 0 Å². The third kappa shape index (κ3) is 5.86. The molecule has 0 radical (unpaired) electrons. The molecule has 0 fully saturated rings. The highest BCUT2D eigenvalue weighted by Crippen LogP contribution is 2.27. The van der Waals surface area contributed by atoms with Gasteiger partial charge in [-0.05, 0) is 42.8 Å². The topological polar surface area (TPSA) is 98.1 Å².